The number of unbranched alkanes of at least 4 members (excludes halogenated alkanes) is 12. The van der Waals surface area contributed by atoms with Gasteiger partial charge in [0, 0.05) is 6.42 Å². The maximum atomic E-state index is 10.3. The van der Waals surface area contributed by atoms with E-state index in [0.717, 1.165) is 12.8 Å². The second-order valence-electron chi connectivity index (χ2n) is 6.08. The van der Waals surface area contributed by atoms with E-state index in [1.54, 1.807) is 0 Å². The lowest BCUT2D eigenvalue weighted by atomic mass is 10.1. The Morgan fingerprint density at radius 2 is 1.14 bits per heavy atom. The summed E-state index contributed by atoms with van der Waals surface area (Å²) < 4.78 is 0. The zero-order valence-electron chi connectivity index (χ0n) is 14.1. The van der Waals surface area contributed by atoms with Crippen molar-refractivity contribution in [2.24, 2.45) is 0 Å². The molecule has 0 spiro atoms. The summed E-state index contributed by atoms with van der Waals surface area (Å²) in [5.74, 6) is -0.659. The molecule has 0 aromatic heterocycles. The molecule has 0 bridgehead atoms. The fourth-order valence-corrected chi connectivity index (χ4v) is 2.52. The molecule has 2 nitrogen and oxygen atoms in total. The Hall–Kier alpha value is -0.790. The van der Waals surface area contributed by atoms with Gasteiger partial charge in [0.2, 0.25) is 0 Å². The zero-order chi connectivity index (χ0) is 15.6. The molecule has 21 heavy (non-hydrogen) atoms. The molecule has 124 valence electrons. The van der Waals surface area contributed by atoms with E-state index >= 15 is 0 Å². The standard InChI is InChI=1S/C19H36O2/c1-2-3-4-5-6-7-8-9-10-11-12-13-14-15-16-17-18-19(20)21/h7-8H,2-6,9-18H2,1H3,(H,20,21). The molecule has 0 saturated carbocycles. The van der Waals surface area contributed by atoms with Crippen LogP contribution in [-0.2, 0) is 4.79 Å². The summed E-state index contributed by atoms with van der Waals surface area (Å²) >= 11 is 0. The van der Waals surface area contributed by atoms with Crippen LogP contribution >= 0.6 is 0 Å². The molecule has 2 heteroatoms. The van der Waals surface area contributed by atoms with E-state index in [1.807, 2.05) is 0 Å². The minimum Gasteiger partial charge on any atom is -0.481 e. The van der Waals surface area contributed by atoms with Crippen molar-refractivity contribution in [3.63, 3.8) is 0 Å². The smallest absolute Gasteiger partial charge is 0.303 e. The molecule has 0 saturated heterocycles. The van der Waals surface area contributed by atoms with Gasteiger partial charge in [-0.1, -0.05) is 76.9 Å². The van der Waals surface area contributed by atoms with Gasteiger partial charge in [0.05, 0.1) is 0 Å². The van der Waals surface area contributed by atoms with Gasteiger partial charge >= 0.3 is 5.97 Å². The Morgan fingerprint density at radius 1 is 0.714 bits per heavy atom. The highest BCUT2D eigenvalue weighted by Crippen LogP contribution is 2.11. The number of carbonyl (C=O) groups is 1. The van der Waals surface area contributed by atoms with Crippen molar-refractivity contribution in [1.82, 2.24) is 0 Å². The molecule has 0 aliphatic carbocycles. The highest BCUT2D eigenvalue weighted by Gasteiger charge is 1.96. The summed E-state index contributed by atoms with van der Waals surface area (Å²) in [5, 5.41) is 8.52. The Labute approximate surface area is 132 Å². The van der Waals surface area contributed by atoms with Crippen LogP contribution in [0, 0.1) is 0 Å². The first-order chi connectivity index (χ1) is 10.3. The molecule has 0 atom stereocenters. The van der Waals surface area contributed by atoms with Gasteiger partial charge in [-0.3, -0.25) is 4.79 Å². The van der Waals surface area contributed by atoms with E-state index in [4.69, 9.17) is 5.11 Å². The van der Waals surface area contributed by atoms with Crippen molar-refractivity contribution in [3.8, 4) is 0 Å². The molecule has 0 heterocycles. The lowest BCUT2D eigenvalue weighted by Crippen LogP contribution is -1.93. The Kier molecular flexibility index (Phi) is 16.6. The van der Waals surface area contributed by atoms with Gasteiger partial charge < -0.3 is 5.11 Å². The van der Waals surface area contributed by atoms with Gasteiger partial charge in [-0.15, -0.1) is 0 Å². The first kappa shape index (κ1) is 20.2. The minimum atomic E-state index is -0.659. The number of carboxylic acid groups (broad SMARTS) is 1. The first-order valence-electron chi connectivity index (χ1n) is 9.14. The van der Waals surface area contributed by atoms with E-state index < -0.39 is 5.97 Å². The summed E-state index contributed by atoms with van der Waals surface area (Å²) in [4.78, 5) is 10.3. The molecule has 0 aliphatic heterocycles. The third-order valence-corrected chi connectivity index (χ3v) is 3.90. The Balaban J connectivity index is 3.05. The van der Waals surface area contributed by atoms with Crippen molar-refractivity contribution >= 4 is 5.97 Å². The Morgan fingerprint density at radius 3 is 1.62 bits per heavy atom. The third-order valence-electron chi connectivity index (χ3n) is 3.90. The van der Waals surface area contributed by atoms with Crippen molar-refractivity contribution in [1.29, 1.82) is 0 Å². The number of rotatable bonds is 16. The lowest BCUT2D eigenvalue weighted by Gasteiger charge is -2.01. The van der Waals surface area contributed by atoms with E-state index in [9.17, 15) is 4.79 Å². The van der Waals surface area contributed by atoms with Gasteiger partial charge in [0.25, 0.3) is 0 Å². The maximum Gasteiger partial charge on any atom is 0.303 e. The SMILES string of the molecule is CCCCCCC=CCCCCCCCCCCC(=O)O. The number of carboxylic acids is 1. The van der Waals surface area contributed by atoms with Gasteiger partial charge in [-0.25, -0.2) is 0 Å². The summed E-state index contributed by atoms with van der Waals surface area (Å²) in [6.45, 7) is 2.26. The fraction of sp³-hybridized carbons (Fsp3) is 0.842. The topological polar surface area (TPSA) is 37.3 Å². The predicted molar refractivity (Wildman–Crippen MR) is 91.7 cm³/mol. The minimum absolute atomic E-state index is 0.338. The highest BCUT2D eigenvalue weighted by molar-refractivity contribution is 5.66. The number of allylic oxidation sites excluding steroid dienone is 2. The van der Waals surface area contributed by atoms with Crippen LogP contribution in [0.3, 0.4) is 0 Å². The molecule has 0 aromatic carbocycles. The molecule has 0 amide bonds. The van der Waals surface area contributed by atoms with Crippen molar-refractivity contribution in [2.75, 3.05) is 0 Å². The van der Waals surface area contributed by atoms with E-state index in [2.05, 4.69) is 19.1 Å². The average Bonchev–Trinajstić information content (AvgIpc) is 2.46. The third kappa shape index (κ3) is 19.2. The van der Waals surface area contributed by atoms with Gasteiger partial charge in [-0.05, 0) is 32.1 Å². The normalized spacial score (nSPS) is 11.3. The molecule has 0 rings (SSSR count). The van der Waals surface area contributed by atoms with E-state index in [-0.39, 0.29) is 0 Å². The summed E-state index contributed by atoms with van der Waals surface area (Å²) in [7, 11) is 0. The van der Waals surface area contributed by atoms with Gasteiger partial charge in [0.15, 0.2) is 0 Å². The second-order valence-corrected chi connectivity index (χ2v) is 6.08. The summed E-state index contributed by atoms with van der Waals surface area (Å²) in [6.07, 6.45) is 22.7. The number of hydrogen-bond acceptors (Lipinski definition) is 1. The summed E-state index contributed by atoms with van der Waals surface area (Å²) in [5.41, 5.74) is 0. The van der Waals surface area contributed by atoms with Crippen LogP contribution in [0.5, 0.6) is 0 Å². The van der Waals surface area contributed by atoms with Crippen LogP contribution < -0.4 is 0 Å². The zero-order valence-corrected chi connectivity index (χ0v) is 14.1. The Bertz CT molecular complexity index is 246. The maximum absolute atomic E-state index is 10.3. The van der Waals surface area contributed by atoms with Crippen LogP contribution in [0.25, 0.3) is 0 Å². The highest BCUT2D eigenvalue weighted by atomic mass is 16.4. The van der Waals surface area contributed by atoms with Crippen LogP contribution in [0.15, 0.2) is 12.2 Å². The second kappa shape index (κ2) is 17.3. The molecular weight excluding hydrogens is 260 g/mol. The van der Waals surface area contributed by atoms with Crippen LogP contribution in [0.1, 0.15) is 103 Å². The molecule has 0 aromatic rings. The van der Waals surface area contributed by atoms with Crippen LogP contribution in [0.4, 0.5) is 0 Å². The van der Waals surface area contributed by atoms with Gasteiger partial charge in [0.1, 0.15) is 0 Å². The quantitative estimate of drug-likeness (QED) is 0.261. The van der Waals surface area contributed by atoms with Crippen molar-refractivity contribution in [2.45, 2.75) is 103 Å². The van der Waals surface area contributed by atoms with E-state index in [1.165, 1.54) is 77.0 Å². The average molecular weight is 296 g/mol. The molecule has 0 aliphatic rings. The molecule has 0 unspecified atom stereocenters. The summed E-state index contributed by atoms with van der Waals surface area (Å²) in [6, 6.07) is 0. The van der Waals surface area contributed by atoms with Crippen LogP contribution in [-0.4, -0.2) is 11.1 Å². The first-order valence-corrected chi connectivity index (χ1v) is 9.14. The van der Waals surface area contributed by atoms with E-state index in [0.29, 0.717) is 6.42 Å². The molecule has 1 N–H and O–H groups in total. The van der Waals surface area contributed by atoms with Gasteiger partial charge in [-0.2, -0.15) is 0 Å². The van der Waals surface area contributed by atoms with Crippen molar-refractivity contribution in [3.05, 3.63) is 12.2 Å². The predicted octanol–water partition coefficient (Wildman–Crippen LogP) is 6.50. The monoisotopic (exact) mass is 296 g/mol. The van der Waals surface area contributed by atoms with Crippen LogP contribution in [0.2, 0.25) is 0 Å². The fourth-order valence-electron chi connectivity index (χ4n) is 2.52. The number of aliphatic carboxylic acids is 1. The largest absolute Gasteiger partial charge is 0.481 e. The molecule has 0 fully saturated rings. The lowest BCUT2D eigenvalue weighted by molar-refractivity contribution is -0.137. The molecule has 0 radical (unpaired) electrons. The van der Waals surface area contributed by atoms with Crippen molar-refractivity contribution < 1.29 is 9.90 Å². The molecular formula is C19H36O2. The number of hydrogen-bond donors (Lipinski definition) is 1.